The van der Waals surface area contributed by atoms with Crippen molar-refractivity contribution in [2.24, 2.45) is 12.8 Å². The molecule has 3 aromatic rings. The maximum atomic E-state index is 12.7. The van der Waals surface area contributed by atoms with E-state index >= 15 is 0 Å². The monoisotopic (exact) mass is 309 g/mol. The Morgan fingerprint density at radius 1 is 1.13 bits per heavy atom. The molecule has 2 heterocycles. The summed E-state index contributed by atoms with van der Waals surface area (Å²) in [5.74, 6) is 0.863. The van der Waals surface area contributed by atoms with Gasteiger partial charge in [-0.15, -0.1) is 0 Å². The summed E-state index contributed by atoms with van der Waals surface area (Å²) in [7, 11) is 1.68. The molecule has 118 valence electrons. The van der Waals surface area contributed by atoms with Crippen molar-refractivity contribution >= 4 is 10.9 Å². The Hall–Kier alpha value is -2.60. The molecule has 1 unspecified atom stereocenters. The first-order valence-corrected chi connectivity index (χ1v) is 7.44. The molecule has 0 saturated carbocycles. The summed E-state index contributed by atoms with van der Waals surface area (Å²) < 4.78 is 1.48. The Morgan fingerprint density at radius 2 is 1.78 bits per heavy atom. The van der Waals surface area contributed by atoms with Gasteiger partial charge < -0.3 is 5.73 Å². The van der Waals surface area contributed by atoms with Crippen molar-refractivity contribution in [3.8, 4) is 11.6 Å². The van der Waals surface area contributed by atoms with E-state index in [9.17, 15) is 4.79 Å². The topological polar surface area (TPSA) is 86.7 Å². The van der Waals surface area contributed by atoms with Crippen molar-refractivity contribution in [1.29, 1.82) is 0 Å². The largest absolute Gasteiger partial charge is 0.324 e. The predicted octanol–water partition coefficient (Wildman–Crippen LogP) is 2.03. The summed E-state index contributed by atoms with van der Waals surface area (Å²) >= 11 is 0. The van der Waals surface area contributed by atoms with Crippen molar-refractivity contribution < 1.29 is 0 Å². The zero-order valence-corrected chi connectivity index (χ0v) is 13.7. The number of nitrogens with two attached hydrogens (primary N) is 1. The molecule has 0 radical (unpaired) electrons. The van der Waals surface area contributed by atoms with E-state index in [0.717, 1.165) is 16.7 Å². The van der Waals surface area contributed by atoms with Gasteiger partial charge in [0.25, 0.3) is 5.56 Å². The van der Waals surface area contributed by atoms with E-state index in [1.807, 2.05) is 32.9 Å². The van der Waals surface area contributed by atoms with Crippen LogP contribution in [-0.2, 0) is 7.05 Å². The first-order valence-electron chi connectivity index (χ1n) is 7.44. The van der Waals surface area contributed by atoms with Crippen molar-refractivity contribution in [1.82, 2.24) is 19.5 Å². The second-order valence-corrected chi connectivity index (χ2v) is 5.92. The Kier molecular flexibility index (Phi) is 3.69. The number of benzene rings is 1. The van der Waals surface area contributed by atoms with Crippen LogP contribution in [0.15, 0.2) is 29.3 Å². The third kappa shape index (κ3) is 2.61. The molecule has 6 heteroatoms. The third-order valence-corrected chi connectivity index (χ3v) is 3.83. The molecule has 1 aromatic carbocycles. The zero-order chi connectivity index (χ0) is 16.7. The van der Waals surface area contributed by atoms with Gasteiger partial charge in [-0.05, 0) is 43.5 Å². The fourth-order valence-electron chi connectivity index (χ4n) is 2.61. The molecule has 6 nitrogen and oxygen atoms in total. The van der Waals surface area contributed by atoms with E-state index in [1.54, 1.807) is 19.4 Å². The Bertz CT molecular complexity index is 942. The molecule has 0 aliphatic heterocycles. The average Bonchev–Trinajstić information content (AvgIpc) is 2.51. The number of hydrogen-bond donors (Lipinski definition) is 1. The summed E-state index contributed by atoms with van der Waals surface area (Å²) in [4.78, 5) is 26.0. The maximum absolute atomic E-state index is 12.7. The highest BCUT2D eigenvalue weighted by atomic mass is 16.1. The van der Waals surface area contributed by atoms with Crippen molar-refractivity contribution in [2.45, 2.75) is 26.8 Å². The van der Waals surface area contributed by atoms with Gasteiger partial charge in [0.15, 0.2) is 11.6 Å². The van der Waals surface area contributed by atoms with E-state index in [1.165, 1.54) is 4.57 Å². The van der Waals surface area contributed by atoms with Gasteiger partial charge in [0.1, 0.15) is 0 Å². The molecule has 0 aliphatic carbocycles. The van der Waals surface area contributed by atoms with Gasteiger partial charge in [0.2, 0.25) is 0 Å². The molecule has 0 bridgehead atoms. The lowest BCUT2D eigenvalue weighted by molar-refractivity contribution is 0.810. The summed E-state index contributed by atoms with van der Waals surface area (Å²) in [6, 6.07) is 3.60. The number of aromatic nitrogens is 4. The minimum atomic E-state index is -0.219. The van der Waals surface area contributed by atoms with E-state index in [-0.39, 0.29) is 11.6 Å². The summed E-state index contributed by atoms with van der Waals surface area (Å²) in [6.45, 7) is 5.74. The standard InChI is InChI=1S/C17H19N5O/c1-9-5-12(11(3)18)14-13(6-9)17(23)22(4)16(21-14)15-19-7-10(2)8-20-15/h5-8,11H,18H2,1-4H3. The molecule has 0 spiro atoms. The minimum Gasteiger partial charge on any atom is -0.324 e. The Balaban J connectivity index is 2.39. The SMILES string of the molecule is Cc1cnc(-c2nc3c(C(C)N)cc(C)cc3c(=O)n2C)nc1. The van der Waals surface area contributed by atoms with Crippen molar-refractivity contribution in [2.75, 3.05) is 0 Å². The summed E-state index contributed by atoms with van der Waals surface area (Å²) in [6.07, 6.45) is 3.42. The fraction of sp³-hybridized carbons (Fsp3) is 0.294. The maximum Gasteiger partial charge on any atom is 0.261 e. The van der Waals surface area contributed by atoms with E-state index in [4.69, 9.17) is 5.73 Å². The van der Waals surface area contributed by atoms with Gasteiger partial charge in [-0.1, -0.05) is 6.07 Å². The molecule has 1 atom stereocenters. The molecule has 3 rings (SSSR count). The molecule has 2 N–H and O–H groups in total. The van der Waals surface area contributed by atoms with Gasteiger partial charge in [-0.25, -0.2) is 15.0 Å². The van der Waals surface area contributed by atoms with Gasteiger partial charge in [-0.2, -0.15) is 0 Å². The second kappa shape index (κ2) is 5.55. The fourth-order valence-corrected chi connectivity index (χ4v) is 2.61. The Labute approximate surface area is 134 Å². The molecule has 0 amide bonds. The Morgan fingerprint density at radius 3 is 2.39 bits per heavy atom. The highest BCUT2D eigenvalue weighted by molar-refractivity contribution is 5.83. The van der Waals surface area contributed by atoms with Crippen LogP contribution in [0, 0.1) is 13.8 Å². The summed E-state index contributed by atoms with van der Waals surface area (Å²) in [5, 5.41) is 0.565. The van der Waals surface area contributed by atoms with Crippen LogP contribution in [0.1, 0.15) is 29.7 Å². The normalized spacial score (nSPS) is 12.6. The zero-order valence-electron chi connectivity index (χ0n) is 13.7. The van der Waals surface area contributed by atoms with Crippen molar-refractivity contribution in [3.05, 3.63) is 51.6 Å². The van der Waals surface area contributed by atoms with Crippen LogP contribution in [0.2, 0.25) is 0 Å². The molecule has 2 aromatic heterocycles. The van der Waals surface area contributed by atoms with Gasteiger partial charge in [0.05, 0.1) is 10.9 Å². The van der Waals surface area contributed by atoms with Crippen molar-refractivity contribution in [3.63, 3.8) is 0 Å². The van der Waals surface area contributed by atoms with Crippen LogP contribution in [0.5, 0.6) is 0 Å². The van der Waals surface area contributed by atoms with Crippen LogP contribution in [0.4, 0.5) is 0 Å². The average molecular weight is 309 g/mol. The van der Waals surface area contributed by atoms with Gasteiger partial charge in [-0.3, -0.25) is 9.36 Å². The van der Waals surface area contributed by atoms with Crippen LogP contribution in [0.25, 0.3) is 22.6 Å². The van der Waals surface area contributed by atoms with Crippen LogP contribution >= 0.6 is 0 Å². The minimum absolute atomic E-state index is 0.125. The highest BCUT2D eigenvalue weighted by Gasteiger charge is 2.16. The summed E-state index contributed by atoms with van der Waals surface area (Å²) in [5.41, 5.74) is 9.35. The van der Waals surface area contributed by atoms with Gasteiger partial charge >= 0.3 is 0 Å². The van der Waals surface area contributed by atoms with E-state index < -0.39 is 0 Å². The molecule has 0 saturated heterocycles. The lowest BCUT2D eigenvalue weighted by Crippen LogP contribution is -2.22. The first kappa shape index (κ1) is 15.3. The lowest BCUT2D eigenvalue weighted by atomic mass is 10.0. The van der Waals surface area contributed by atoms with Crippen LogP contribution in [0.3, 0.4) is 0 Å². The molecular formula is C17H19N5O. The quantitative estimate of drug-likeness (QED) is 0.782. The van der Waals surface area contributed by atoms with Gasteiger partial charge in [0, 0.05) is 25.5 Å². The molecule has 0 fully saturated rings. The van der Waals surface area contributed by atoms with Crippen LogP contribution in [-0.4, -0.2) is 19.5 Å². The first-order chi connectivity index (χ1) is 10.9. The number of hydrogen-bond acceptors (Lipinski definition) is 5. The third-order valence-electron chi connectivity index (χ3n) is 3.83. The number of aryl methyl sites for hydroxylation is 2. The van der Waals surface area contributed by atoms with E-state index in [0.29, 0.717) is 22.6 Å². The van der Waals surface area contributed by atoms with E-state index in [2.05, 4.69) is 15.0 Å². The molecule has 23 heavy (non-hydrogen) atoms. The molecular weight excluding hydrogens is 290 g/mol. The lowest BCUT2D eigenvalue weighted by Gasteiger charge is -2.14. The molecule has 0 aliphatic rings. The smallest absolute Gasteiger partial charge is 0.261 e. The second-order valence-electron chi connectivity index (χ2n) is 5.92. The number of nitrogens with zero attached hydrogens (tertiary/aromatic N) is 4. The number of rotatable bonds is 2. The number of fused-ring (bicyclic) bond motifs is 1. The predicted molar refractivity (Wildman–Crippen MR) is 90.1 cm³/mol. The highest BCUT2D eigenvalue weighted by Crippen LogP contribution is 2.23. The van der Waals surface area contributed by atoms with Crippen LogP contribution < -0.4 is 11.3 Å².